The number of piperidine rings is 1. The van der Waals surface area contributed by atoms with E-state index in [4.69, 9.17) is 11.6 Å². The highest BCUT2D eigenvalue weighted by Gasteiger charge is 2.36. The third kappa shape index (κ3) is 5.22. The SMILES string of the molecule is C[C@@H]1C[C@@H](O)c2ncnc(N3CCN(C(NC4CCNCC4)C(C=O)c4ccc(Cl)cc4)CC3)c21. The molecule has 188 valence electrons. The van der Waals surface area contributed by atoms with E-state index < -0.39 is 6.10 Å². The van der Waals surface area contributed by atoms with E-state index in [1.54, 1.807) is 6.33 Å². The number of rotatable bonds is 7. The number of aliphatic hydroxyl groups excluding tert-OH is 1. The molecule has 5 rings (SSSR count). The number of aromatic nitrogens is 2. The normalized spacial score (nSPS) is 25.3. The first-order valence-electron chi connectivity index (χ1n) is 12.7. The van der Waals surface area contributed by atoms with Gasteiger partial charge in [0.05, 0.1) is 23.9 Å². The first kappa shape index (κ1) is 24.6. The van der Waals surface area contributed by atoms with Gasteiger partial charge in [0.25, 0.3) is 0 Å². The second-order valence-electron chi connectivity index (χ2n) is 10.0. The first-order chi connectivity index (χ1) is 17.0. The number of aliphatic hydroxyl groups is 1. The van der Waals surface area contributed by atoms with E-state index in [1.807, 2.05) is 24.3 Å². The van der Waals surface area contributed by atoms with Crippen LogP contribution < -0.4 is 15.5 Å². The number of hydrogen-bond acceptors (Lipinski definition) is 8. The molecular formula is C26H35ClN6O2. The molecule has 2 unspecified atom stereocenters. The van der Waals surface area contributed by atoms with Gasteiger partial charge in [0.2, 0.25) is 0 Å². The van der Waals surface area contributed by atoms with E-state index in [1.165, 1.54) is 0 Å². The average Bonchev–Trinajstić information content (AvgIpc) is 3.19. The summed E-state index contributed by atoms with van der Waals surface area (Å²) in [7, 11) is 0. The summed E-state index contributed by atoms with van der Waals surface area (Å²) >= 11 is 6.12. The molecule has 3 aliphatic rings. The van der Waals surface area contributed by atoms with Crippen molar-refractivity contribution >= 4 is 23.7 Å². The van der Waals surface area contributed by atoms with Gasteiger partial charge < -0.3 is 20.1 Å². The zero-order valence-corrected chi connectivity index (χ0v) is 21.0. The second kappa shape index (κ2) is 10.9. The number of carbonyl (C=O) groups is 1. The van der Waals surface area contributed by atoms with Crippen molar-refractivity contribution in [3.63, 3.8) is 0 Å². The smallest absolute Gasteiger partial charge is 0.135 e. The van der Waals surface area contributed by atoms with E-state index in [2.05, 4.69) is 37.3 Å². The predicted molar refractivity (Wildman–Crippen MR) is 137 cm³/mol. The minimum atomic E-state index is -0.505. The van der Waals surface area contributed by atoms with Crippen LogP contribution in [0.5, 0.6) is 0 Å². The molecule has 1 aliphatic carbocycles. The molecule has 1 aromatic carbocycles. The van der Waals surface area contributed by atoms with Crippen LogP contribution in [0.25, 0.3) is 0 Å². The molecule has 0 saturated carbocycles. The lowest BCUT2D eigenvalue weighted by atomic mass is 9.94. The minimum Gasteiger partial charge on any atom is -0.387 e. The van der Waals surface area contributed by atoms with Crippen LogP contribution in [0.3, 0.4) is 0 Å². The molecule has 8 nitrogen and oxygen atoms in total. The van der Waals surface area contributed by atoms with Gasteiger partial charge in [-0.1, -0.05) is 30.7 Å². The highest BCUT2D eigenvalue weighted by atomic mass is 35.5. The largest absolute Gasteiger partial charge is 0.387 e. The van der Waals surface area contributed by atoms with Crippen LogP contribution in [-0.4, -0.2) is 77.7 Å². The molecule has 2 saturated heterocycles. The maximum absolute atomic E-state index is 12.4. The van der Waals surface area contributed by atoms with Crippen molar-refractivity contribution in [3.8, 4) is 0 Å². The fourth-order valence-corrected chi connectivity index (χ4v) is 5.98. The van der Waals surface area contributed by atoms with Gasteiger partial charge in [-0.05, 0) is 56.0 Å². The zero-order valence-electron chi connectivity index (χ0n) is 20.2. The molecule has 1 aromatic heterocycles. The number of nitrogens with zero attached hydrogens (tertiary/aromatic N) is 4. The third-order valence-corrected chi connectivity index (χ3v) is 8.03. The Labute approximate surface area is 212 Å². The molecule has 2 aliphatic heterocycles. The molecule has 35 heavy (non-hydrogen) atoms. The summed E-state index contributed by atoms with van der Waals surface area (Å²) in [6.07, 6.45) is 4.86. The number of halogens is 1. The molecular weight excluding hydrogens is 464 g/mol. The minimum absolute atomic E-state index is 0.0872. The summed E-state index contributed by atoms with van der Waals surface area (Å²) in [6.45, 7) is 7.37. The number of piperazine rings is 1. The van der Waals surface area contributed by atoms with E-state index in [-0.39, 0.29) is 18.0 Å². The Bertz CT molecular complexity index is 1010. The van der Waals surface area contributed by atoms with E-state index >= 15 is 0 Å². The highest BCUT2D eigenvalue weighted by molar-refractivity contribution is 6.30. The Balaban J connectivity index is 1.35. The third-order valence-electron chi connectivity index (χ3n) is 7.77. The van der Waals surface area contributed by atoms with Gasteiger partial charge in [0.1, 0.15) is 18.4 Å². The lowest BCUT2D eigenvalue weighted by Crippen LogP contribution is -2.60. The summed E-state index contributed by atoms with van der Waals surface area (Å²) in [4.78, 5) is 26.1. The number of fused-ring (bicyclic) bond motifs is 1. The lowest BCUT2D eigenvalue weighted by Gasteiger charge is -2.44. The molecule has 0 bridgehead atoms. The van der Waals surface area contributed by atoms with Gasteiger partial charge in [0, 0.05) is 42.8 Å². The van der Waals surface area contributed by atoms with Crippen molar-refractivity contribution in [2.45, 2.75) is 56.3 Å². The van der Waals surface area contributed by atoms with Crippen molar-refractivity contribution in [2.75, 3.05) is 44.2 Å². The summed E-state index contributed by atoms with van der Waals surface area (Å²) in [5, 5.41) is 18.3. The van der Waals surface area contributed by atoms with Crippen LogP contribution in [0.2, 0.25) is 5.02 Å². The Kier molecular flexibility index (Phi) is 7.65. The van der Waals surface area contributed by atoms with Gasteiger partial charge in [-0.25, -0.2) is 9.97 Å². The Morgan fingerprint density at radius 2 is 1.86 bits per heavy atom. The molecule has 0 amide bonds. The highest BCUT2D eigenvalue weighted by Crippen LogP contribution is 2.42. The Morgan fingerprint density at radius 1 is 1.14 bits per heavy atom. The predicted octanol–water partition coefficient (Wildman–Crippen LogP) is 2.44. The molecule has 0 radical (unpaired) electrons. The van der Waals surface area contributed by atoms with Crippen LogP contribution in [0.15, 0.2) is 30.6 Å². The number of hydrogen-bond donors (Lipinski definition) is 3. The Hall–Kier alpha value is -2.10. The van der Waals surface area contributed by atoms with E-state index in [0.29, 0.717) is 17.5 Å². The fourth-order valence-electron chi connectivity index (χ4n) is 5.85. The second-order valence-corrected chi connectivity index (χ2v) is 10.5. The van der Waals surface area contributed by atoms with Crippen molar-refractivity contribution in [2.24, 2.45) is 0 Å². The van der Waals surface area contributed by atoms with Crippen molar-refractivity contribution < 1.29 is 9.90 Å². The van der Waals surface area contributed by atoms with Crippen LogP contribution in [0, 0.1) is 0 Å². The molecule has 0 spiro atoms. The molecule has 2 aromatic rings. The lowest BCUT2D eigenvalue weighted by molar-refractivity contribution is -0.111. The molecule has 2 fully saturated rings. The summed E-state index contributed by atoms with van der Waals surface area (Å²) < 4.78 is 0. The zero-order chi connectivity index (χ0) is 24.4. The van der Waals surface area contributed by atoms with Crippen molar-refractivity contribution in [1.82, 2.24) is 25.5 Å². The maximum atomic E-state index is 12.4. The fraction of sp³-hybridized carbons (Fsp3) is 0.577. The summed E-state index contributed by atoms with van der Waals surface area (Å²) in [5.41, 5.74) is 2.85. The first-order valence-corrected chi connectivity index (χ1v) is 13.1. The van der Waals surface area contributed by atoms with Gasteiger partial charge in [0.15, 0.2) is 0 Å². The van der Waals surface area contributed by atoms with Crippen LogP contribution in [-0.2, 0) is 4.79 Å². The Morgan fingerprint density at radius 3 is 2.54 bits per heavy atom. The summed E-state index contributed by atoms with van der Waals surface area (Å²) in [6, 6.07) is 8.02. The number of nitrogens with one attached hydrogen (secondary N) is 2. The van der Waals surface area contributed by atoms with Gasteiger partial charge in [-0.15, -0.1) is 0 Å². The molecule has 3 N–H and O–H groups in total. The van der Waals surface area contributed by atoms with Gasteiger partial charge in [-0.2, -0.15) is 0 Å². The van der Waals surface area contributed by atoms with Gasteiger partial charge in [-0.3, -0.25) is 10.2 Å². The summed E-state index contributed by atoms with van der Waals surface area (Å²) in [5.74, 6) is 0.909. The van der Waals surface area contributed by atoms with Crippen LogP contribution in [0.4, 0.5) is 5.82 Å². The molecule has 3 heterocycles. The van der Waals surface area contributed by atoms with Crippen LogP contribution >= 0.6 is 11.6 Å². The maximum Gasteiger partial charge on any atom is 0.135 e. The van der Waals surface area contributed by atoms with Gasteiger partial charge >= 0.3 is 0 Å². The molecule has 9 heteroatoms. The topological polar surface area (TPSA) is 93.6 Å². The number of anilines is 1. The van der Waals surface area contributed by atoms with E-state index in [0.717, 1.165) is 81.0 Å². The van der Waals surface area contributed by atoms with Crippen LogP contribution in [0.1, 0.15) is 60.9 Å². The standard InChI is InChI=1S/C26H35ClN6O2/c1-17-14-22(35)24-23(17)26(30-16-29-24)33-12-10-32(11-13-33)25(31-20-6-8-28-9-7-20)21(15-34)18-2-4-19(27)5-3-18/h2-5,15-17,20-22,25,28,31,35H,6-14H2,1H3/t17-,21?,22-,25?/m1/s1. The number of benzene rings is 1. The van der Waals surface area contributed by atoms with E-state index in [9.17, 15) is 9.90 Å². The van der Waals surface area contributed by atoms with Crippen molar-refractivity contribution in [1.29, 1.82) is 0 Å². The van der Waals surface area contributed by atoms with Crippen molar-refractivity contribution in [3.05, 3.63) is 52.4 Å². The molecule has 4 atom stereocenters. The quantitative estimate of drug-likeness (QED) is 0.501. The monoisotopic (exact) mass is 498 g/mol. The number of aldehydes is 1. The number of carbonyl (C=O) groups excluding carboxylic acids is 1. The average molecular weight is 499 g/mol.